The largest absolute Gasteiger partial charge is 0.392 e. The fourth-order valence-electron chi connectivity index (χ4n) is 0.796. The smallest absolute Gasteiger partial charge is 0.280 e. The lowest BCUT2D eigenvalue weighted by Gasteiger charge is -2.04. The summed E-state index contributed by atoms with van der Waals surface area (Å²) < 4.78 is 36.8. The second kappa shape index (κ2) is 3.93. The van der Waals surface area contributed by atoms with Gasteiger partial charge in [-0.2, -0.15) is 4.39 Å². The molecule has 1 heterocycles. The highest BCUT2D eigenvalue weighted by molar-refractivity contribution is 6.31. The Labute approximate surface area is 77.0 Å². The summed E-state index contributed by atoms with van der Waals surface area (Å²) in [4.78, 5) is 2.92. The summed E-state index contributed by atoms with van der Waals surface area (Å²) >= 11 is 5.33. The van der Waals surface area contributed by atoms with E-state index in [1.807, 2.05) is 0 Å². The molecule has 1 aromatic heterocycles. The molecular formula is C7H5ClF3NO. The minimum Gasteiger partial charge on any atom is -0.392 e. The number of nitrogens with zero attached hydrogens (tertiary/aromatic N) is 1. The number of rotatable bonds is 2. The summed E-state index contributed by atoms with van der Waals surface area (Å²) in [5, 5.41) is 8.20. The zero-order valence-electron chi connectivity index (χ0n) is 6.27. The molecule has 0 aliphatic rings. The third-order valence-electron chi connectivity index (χ3n) is 1.41. The molecule has 1 aromatic rings. The monoisotopic (exact) mass is 211 g/mol. The van der Waals surface area contributed by atoms with Crippen LogP contribution in [-0.4, -0.2) is 10.1 Å². The zero-order chi connectivity index (χ0) is 10.0. The second-order valence-corrected chi connectivity index (χ2v) is 2.65. The van der Waals surface area contributed by atoms with Crippen LogP contribution < -0.4 is 0 Å². The molecule has 13 heavy (non-hydrogen) atoms. The highest BCUT2D eigenvalue weighted by Gasteiger charge is 2.15. The molecule has 1 rings (SSSR count). The SMILES string of the molecule is OCc1cc(C(F)F)nc(F)c1Cl. The molecule has 2 nitrogen and oxygen atoms in total. The first-order valence-corrected chi connectivity index (χ1v) is 3.68. The summed E-state index contributed by atoms with van der Waals surface area (Å²) in [6.07, 6.45) is -2.88. The number of halogens is 4. The van der Waals surface area contributed by atoms with Gasteiger partial charge in [0, 0.05) is 5.56 Å². The summed E-state index contributed by atoms with van der Waals surface area (Å²) in [6.45, 7) is -0.599. The first-order valence-electron chi connectivity index (χ1n) is 3.30. The average Bonchev–Trinajstić information content (AvgIpc) is 2.09. The van der Waals surface area contributed by atoms with Gasteiger partial charge in [-0.25, -0.2) is 13.8 Å². The molecule has 6 heteroatoms. The van der Waals surface area contributed by atoms with Crippen LogP contribution >= 0.6 is 11.6 Å². The summed E-state index contributed by atoms with van der Waals surface area (Å²) in [6, 6.07) is 0.871. The molecule has 0 aliphatic carbocycles. The van der Waals surface area contributed by atoms with Crippen LogP contribution in [0.3, 0.4) is 0 Å². The molecule has 0 fully saturated rings. The van der Waals surface area contributed by atoms with E-state index in [1.54, 1.807) is 0 Å². The molecule has 0 aromatic carbocycles. The zero-order valence-corrected chi connectivity index (χ0v) is 7.02. The Bertz CT molecular complexity index is 319. The normalized spacial score (nSPS) is 10.9. The first-order chi connectivity index (χ1) is 6.06. The number of aliphatic hydroxyl groups is 1. The quantitative estimate of drug-likeness (QED) is 0.762. The number of hydrogen-bond donors (Lipinski definition) is 1. The molecule has 0 radical (unpaired) electrons. The van der Waals surface area contributed by atoms with Crippen LogP contribution in [0.5, 0.6) is 0 Å². The molecule has 0 atom stereocenters. The fourth-order valence-corrected chi connectivity index (χ4v) is 0.952. The van der Waals surface area contributed by atoms with Gasteiger partial charge in [0.2, 0.25) is 5.95 Å². The van der Waals surface area contributed by atoms with Gasteiger partial charge in [0.05, 0.1) is 6.61 Å². The van der Waals surface area contributed by atoms with Crippen LogP contribution in [0.2, 0.25) is 5.02 Å². The maximum atomic E-state index is 12.7. The van der Waals surface area contributed by atoms with E-state index >= 15 is 0 Å². The van der Waals surface area contributed by atoms with Gasteiger partial charge in [-0.15, -0.1) is 0 Å². The first kappa shape index (κ1) is 10.3. The number of aromatic nitrogens is 1. The Kier molecular flexibility index (Phi) is 3.11. The lowest BCUT2D eigenvalue weighted by molar-refractivity contribution is 0.144. The van der Waals surface area contributed by atoms with Gasteiger partial charge < -0.3 is 5.11 Å². The molecule has 0 bridgehead atoms. The van der Waals surface area contributed by atoms with Gasteiger partial charge in [-0.3, -0.25) is 0 Å². The average molecular weight is 212 g/mol. The van der Waals surface area contributed by atoms with E-state index in [4.69, 9.17) is 16.7 Å². The molecule has 0 saturated carbocycles. The number of pyridine rings is 1. The molecule has 72 valence electrons. The standard InChI is InChI=1S/C7H5ClF3NO/c8-5-3(2-13)1-4(6(9)10)12-7(5)11/h1,6,13H,2H2. The van der Waals surface area contributed by atoms with Crippen molar-refractivity contribution < 1.29 is 18.3 Å². The molecule has 0 spiro atoms. The van der Waals surface area contributed by atoms with Crippen LogP contribution in [0.15, 0.2) is 6.07 Å². The minimum atomic E-state index is -2.88. The number of hydrogen-bond acceptors (Lipinski definition) is 2. The van der Waals surface area contributed by atoms with Gasteiger partial charge in [-0.1, -0.05) is 11.6 Å². The molecule has 0 unspecified atom stereocenters. The van der Waals surface area contributed by atoms with Gasteiger partial charge in [-0.05, 0) is 6.07 Å². The molecule has 0 saturated heterocycles. The highest BCUT2D eigenvalue weighted by atomic mass is 35.5. The summed E-state index contributed by atoms with van der Waals surface area (Å²) in [7, 11) is 0. The van der Waals surface area contributed by atoms with E-state index in [1.165, 1.54) is 0 Å². The van der Waals surface area contributed by atoms with Crippen LogP contribution in [0.25, 0.3) is 0 Å². The van der Waals surface area contributed by atoms with Crippen molar-refractivity contribution in [1.29, 1.82) is 0 Å². The van der Waals surface area contributed by atoms with Gasteiger partial charge in [0.25, 0.3) is 6.43 Å². The van der Waals surface area contributed by atoms with E-state index in [2.05, 4.69) is 4.98 Å². The summed E-state index contributed by atoms with van der Waals surface area (Å²) in [5.41, 5.74) is -0.824. The Morgan fingerprint density at radius 2 is 2.15 bits per heavy atom. The maximum Gasteiger partial charge on any atom is 0.280 e. The van der Waals surface area contributed by atoms with Crippen LogP contribution in [-0.2, 0) is 6.61 Å². The number of aliphatic hydroxyl groups excluding tert-OH is 1. The minimum absolute atomic E-state index is 0.0931. The Morgan fingerprint density at radius 3 is 2.62 bits per heavy atom. The Hall–Kier alpha value is -0.810. The molecule has 1 N–H and O–H groups in total. The van der Waals surface area contributed by atoms with Gasteiger partial charge in [0.1, 0.15) is 10.7 Å². The fraction of sp³-hybridized carbons (Fsp3) is 0.286. The van der Waals surface area contributed by atoms with E-state index in [0.29, 0.717) is 0 Å². The van der Waals surface area contributed by atoms with Crippen LogP contribution in [0, 0.1) is 5.95 Å². The van der Waals surface area contributed by atoms with E-state index < -0.39 is 29.7 Å². The molecule has 0 amide bonds. The molecule has 0 aliphatic heterocycles. The predicted octanol–water partition coefficient (Wildman–Crippen LogP) is 2.30. The van der Waals surface area contributed by atoms with Crippen molar-refractivity contribution in [3.8, 4) is 0 Å². The predicted molar refractivity (Wildman–Crippen MR) is 40.1 cm³/mol. The van der Waals surface area contributed by atoms with Crippen molar-refractivity contribution in [2.45, 2.75) is 13.0 Å². The summed E-state index contributed by atoms with van der Waals surface area (Å²) in [5.74, 6) is -1.19. The Balaban J connectivity index is 3.22. The van der Waals surface area contributed by atoms with Crippen molar-refractivity contribution in [3.63, 3.8) is 0 Å². The van der Waals surface area contributed by atoms with Gasteiger partial charge >= 0.3 is 0 Å². The second-order valence-electron chi connectivity index (χ2n) is 2.27. The van der Waals surface area contributed by atoms with E-state index in [-0.39, 0.29) is 5.56 Å². The topological polar surface area (TPSA) is 33.1 Å². The van der Waals surface area contributed by atoms with Crippen molar-refractivity contribution in [2.75, 3.05) is 0 Å². The Morgan fingerprint density at radius 1 is 1.54 bits per heavy atom. The highest BCUT2D eigenvalue weighted by Crippen LogP contribution is 2.24. The number of alkyl halides is 2. The maximum absolute atomic E-state index is 12.7. The van der Waals surface area contributed by atoms with Crippen molar-refractivity contribution in [1.82, 2.24) is 4.98 Å². The van der Waals surface area contributed by atoms with Crippen molar-refractivity contribution in [3.05, 3.63) is 28.3 Å². The van der Waals surface area contributed by atoms with Gasteiger partial charge in [0.15, 0.2) is 0 Å². The third-order valence-corrected chi connectivity index (χ3v) is 1.81. The van der Waals surface area contributed by atoms with Crippen molar-refractivity contribution >= 4 is 11.6 Å². The lowest BCUT2D eigenvalue weighted by Crippen LogP contribution is -1.99. The third kappa shape index (κ3) is 2.10. The van der Waals surface area contributed by atoms with Crippen LogP contribution in [0.4, 0.5) is 13.2 Å². The van der Waals surface area contributed by atoms with Crippen molar-refractivity contribution in [2.24, 2.45) is 0 Å². The molecular weight excluding hydrogens is 207 g/mol. The lowest BCUT2D eigenvalue weighted by atomic mass is 10.2. The van der Waals surface area contributed by atoms with Crippen LogP contribution in [0.1, 0.15) is 17.7 Å². The van der Waals surface area contributed by atoms with E-state index in [9.17, 15) is 13.2 Å². The van der Waals surface area contributed by atoms with E-state index in [0.717, 1.165) is 6.07 Å².